The third kappa shape index (κ3) is 4.58. The Kier molecular flexibility index (Phi) is 5.34. The third-order valence-electron chi connectivity index (χ3n) is 4.59. The number of benzene rings is 1. The molecule has 1 aromatic carbocycles. The number of hydrogen-bond acceptors (Lipinski definition) is 3. The third-order valence-corrected chi connectivity index (χ3v) is 4.59. The van der Waals surface area contributed by atoms with Crippen LogP contribution in [0.3, 0.4) is 0 Å². The molecule has 1 saturated carbocycles. The maximum atomic E-state index is 13.1. The molecule has 0 saturated heterocycles. The second kappa shape index (κ2) is 7.64. The van der Waals surface area contributed by atoms with Crippen molar-refractivity contribution in [2.24, 2.45) is 0 Å². The summed E-state index contributed by atoms with van der Waals surface area (Å²) in [6.07, 6.45) is 10.1. The molecule has 0 bridgehead atoms. The Morgan fingerprint density at radius 1 is 1.00 bits per heavy atom. The van der Waals surface area contributed by atoms with Crippen LogP contribution in [0.2, 0.25) is 0 Å². The molecular formula is C19H24FN3. The fourth-order valence-corrected chi connectivity index (χ4v) is 3.29. The Morgan fingerprint density at radius 3 is 2.39 bits per heavy atom. The number of nitrogens with zero attached hydrogens (tertiary/aromatic N) is 3. The lowest BCUT2D eigenvalue weighted by atomic mass is 9.93. The van der Waals surface area contributed by atoms with Crippen LogP contribution in [0.1, 0.15) is 49.1 Å². The minimum absolute atomic E-state index is 0.178. The zero-order valence-corrected chi connectivity index (χ0v) is 13.7. The van der Waals surface area contributed by atoms with Crippen molar-refractivity contribution in [2.75, 3.05) is 0 Å². The summed E-state index contributed by atoms with van der Waals surface area (Å²) in [6, 6.07) is 7.43. The van der Waals surface area contributed by atoms with Crippen molar-refractivity contribution >= 4 is 0 Å². The van der Waals surface area contributed by atoms with Crippen molar-refractivity contribution in [1.82, 2.24) is 14.9 Å². The molecule has 3 rings (SSSR count). The van der Waals surface area contributed by atoms with Gasteiger partial charge in [0.2, 0.25) is 0 Å². The Bertz CT molecular complexity index is 556. The van der Waals surface area contributed by atoms with E-state index in [4.69, 9.17) is 0 Å². The molecular weight excluding hydrogens is 289 g/mol. The Balaban J connectivity index is 1.74. The van der Waals surface area contributed by atoms with Crippen LogP contribution >= 0.6 is 0 Å². The molecule has 1 aliphatic carbocycles. The van der Waals surface area contributed by atoms with E-state index in [1.54, 1.807) is 12.1 Å². The highest BCUT2D eigenvalue weighted by Gasteiger charge is 2.22. The summed E-state index contributed by atoms with van der Waals surface area (Å²) >= 11 is 0. The summed E-state index contributed by atoms with van der Waals surface area (Å²) in [4.78, 5) is 11.3. The lowest BCUT2D eigenvalue weighted by molar-refractivity contribution is 0.138. The van der Waals surface area contributed by atoms with E-state index in [-0.39, 0.29) is 5.82 Å². The average molecular weight is 313 g/mol. The van der Waals surface area contributed by atoms with Gasteiger partial charge in [-0.3, -0.25) is 14.9 Å². The van der Waals surface area contributed by atoms with E-state index >= 15 is 0 Å². The second-order valence-electron chi connectivity index (χ2n) is 6.47. The van der Waals surface area contributed by atoms with Crippen LogP contribution in [-0.4, -0.2) is 20.9 Å². The summed E-state index contributed by atoms with van der Waals surface area (Å²) in [5.41, 5.74) is 3.09. The van der Waals surface area contributed by atoms with Crippen LogP contribution in [-0.2, 0) is 13.1 Å². The van der Waals surface area contributed by atoms with Gasteiger partial charge in [0.25, 0.3) is 0 Å². The van der Waals surface area contributed by atoms with Gasteiger partial charge in [-0.25, -0.2) is 4.39 Å². The molecule has 1 aromatic heterocycles. The molecule has 0 atom stereocenters. The van der Waals surface area contributed by atoms with Crippen LogP contribution in [0.25, 0.3) is 0 Å². The first-order valence-electron chi connectivity index (χ1n) is 8.47. The monoisotopic (exact) mass is 313 g/mol. The summed E-state index contributed by atoms with van der Waals surface area (Å²) in [5, 5.41) is 0. The molecule has 1 aliphatic rings. The summed E-state index contributed by atoms with van der Waals surface area (Å²) in [6.45, 7) is 3.59. The Morgan fingerprint density at radius 2 is 1.74 bits per heavy atom. The maximum absolute atomic E-state index is 13.1. The molecule has 3 nitrogen and oxygen atoms in total. The second-order valence-corrected chi connectivity index (χ2v) is 6.47. The van der Waals surface area contributed by atoms with Gasteiger partial charge in [0.15, 0.2) is 0 Å². The first-order chi connectivity index (χ1) is 11.2. The van der Waals surface area contributed by atoms with Gasteiger partial charge in [0, 0.05) is 31.5 Å². The van der Waals surface area contributed by atoms with E-state index < -0.39 is 0 Å². The van der Waals surface area contributed by atoms with Gasteiger partial charge in [-0.15, -0.1) is 0 Å². The number of aromatic nitrogens is 2. The standard InChI is InChI=1S/C19H24FN3/c1-15-11-22-18(12-21-15)14-23(19-5-3-2-4-6-19)13-16-7-9-17(20)10-8-16/h7-12,19H,2-6,13-14H2,1H3. The van der Waals surface area contributed by atoms with Crippen molar-refractivity contribution in [3.63, 3.8) is 0 Å². The van der Waals surface area contributed by atoms with E-state index in [1.807, 2.05) is 31.5 Å². The van der Waals surface area contributed by atoms with Gasteiger partial charge in [-0.1, -0.05) is 31.4 Å². The van der Waals surface area contributed by atoms with E-state index in [2.05, 4.69) is 14.9 Å². The highest BCUT2D eigenvalue weighted by molar-refractivity contribution is 5.16. The van der Waals surface area contributed by atoms with E-state index in [9.17, 15) is 4.39 Å². The molecule has 23 heavy (non-hydrogen) atoms. The van der Waals surface area contributed by atoms with Crippen molar-refractivity contribution in [3.8, 4) is 0 Å². The predicted molar refractivity (Wildman–Crippen MR) is 89.3 cm³/mol. The van der Waals surface area contributed by atoms with Gasteiger partial charge < -0.3 is 0 Å². The predicted octanol–water partition coefficient (Wildman–Crippen LogP) is 4.26. The van der Waals surface area contributed by atoms with Crippen LogP contribution in [0.5, 0.6) is 0 Å². The minimum Gasteiger partial charge on any atom is -0.290 e. The van der Waals surface area contributed by atoms with Crippen molar-refractivity contribution < 1.29 is 4.39 Å². The van der Waals surface area contributed by atoms with Crippen LogP contribution < -0.4 is 0 Å². The minimum atomic E-state index is -0.178. The lowest BCUT2D eigenvalue weighted by Gasteiger charge is -2.34. The fourth-order valence-electron chi connectivity index (χ4n) is 3.29. The largest absolute Gasteiger partial charge is 0.290 e. The van der Waals surface area contributed by atoms with Gasteiger partial charge in [-0.05, 0) is 37.5 Å². The zero-order valence-electron chi connectivity index (χ0n) is 13.7. The molecule has 122 valence electrons. The molecule has 1 fully saturated rings. The average Bonchev–Trinajstić information content (AvgIpc) is 2.59. The van der Waals surface area contributed by atoms with Crippen LogP contribution in [0, 0.1) is 12.7 Å². The molecule has 0 N–H and O–H groups in total. The number of halogens is 1. The normalized spacial score (nSPS) is 16.0. The Hall–Kier alpha value is -1.81. The van der Waals surface area contributed by atoms with Crippen molar-refractivity contribution in [3.05, 3.63) is 59.4 Å². The maximum Gasteiger partial charge on any atom is 0.123 e. The molecule has 0 unspecified atom stereocenters. The van der Waals surface area contributed by atoms with E-state index in [0.29, 0.717) is 6.04 Å². The number of hydrogen-bond donors (Lipinski definition) is 0. The molecule has 2 aromatic rings. The summed E-state index contributed by atoms with van der Waals surface area (Å²) < 4.78 is 13.1. The Labute approximate surface area is 137 Å². The highest BCUT2D eigenvalue weighted by atomic mass is 19.1. The summed E-state index contributed by atoms with van der Waals surface area (Å²) in [7, 11) is 0. The summed E-state index contributed by atoms with van der Waals surface area (Å²) in [5.74, 6) is -0.178. The topological polar surface area (TPSA) is 29.0 Å². The first-order valence-corrected chi connectivity index (χ1v) is 8.47. The molecule has 0 radical (unpaired) electrons. The zero-order chi connectivity index (χ0) is 16.1. The van der Waals surface area contributed by atoms with E-state index in [0.717, 1.165) is 30.0 Å². The molecule has 0 spiro atoms. The SMILES string of the molecule is Cc1cnc(CN(Cc2ccc(F)cc2)C2CCCCC2)cn1. The van der Waals surface area contributed by atoms with Crippen LogP contribution in [0.15, 0.2) is 36.7 Å². The van der Waals surface area contributed by atoms with E-state index in [1.165, 1.54) is 32.1 Å². The first kappa shape index (κ1) is 16.1. The lowest BCUT2D eigenvalue weighted by Crippen LogP contribution is -2.36. The van der Waals surface area contributed by atoms with Crippen LogP contribution in [0.4, 0.5) is 4.39 Å². The smallest absolute Gasteiger partial charge is 0.123 e. The number of rotatable bonds is 5. The quantitative estimate of drug-likeness (QED) is 0.826. The molecule has 0 aliphatic heterocycles. The van der Waals surface area contributed by atoms with Gasteiger partial charge in [-0.2, -0.15) is 0 Å². The fraction of sp³-hybridized carbons (Fsp3) is 0.474. The molecule has 0 amide bonds. The molecule has 4 heteroatoms. The number of aryl methyl sites for hydroxylation is 1. The van der Waals surface area contributed by atoms with Crippen molar-refractivity contribution in [1.29, 1.82) is 0 Å². The van der Waals surface area contributed by atoms with Gasteiger partial charge >= 0.3 is 0 Å². The highest BCUT2D eigenvalue weighted by Crippen LogP contribution is 2.25. The van der Waals surface area contributed by atoms with Gasteiger partial charge in [0.1, 0.15) is 5.82 Å². The molecule has 1 heterocycles. The van der Waals surface area contributed by atoms with Gasteiger partial charge in [0.05, 0.1) is 11.4 Å². The van der Waals surface area contributed by atoms with Crippen molar-refractivity contribution in [2.45, 2.75) is 58.2 Å².